The van der Waals surface area contributed by atoms with Crippen LogP contribution < -0.4 is 0 Å². The van der Waals surface area contributed by atoms with Gasteiger partial charge in [-0.05, 0) is 12.1 Å². The summed E-state index contributed by atoms with van der Waals surface area (Å²) < 4.78 is 0. The van der Waals surface area contributed by atoms with Crippen LogP contribution in [-0.2, 0) is 4.79 Å². The Morgan fingerprint density at radius 2 is 2.28 bits per heavy atom. The standard InChI is InChI=1S/C12H11NO4S/c1-9(14)18-7-3-2-4-10-5-6-11(15)8-12(10)13(16)17/h5-6,8,15H,3,7H2,1H3. The number of phenolic OH excluding ortho intramolecular Hbond substituents is 1. The molecule has 0 saturated heterocycles. The van der Waals surface area contributed by atoms with E-state index in [0.29, 0.717) is 12.2 Å². The molecule has 0 unspecified atom stereocenters. The third kappa shape index (κ3) is 4.47. The summed E-state index contributed by atoms with van der Waals surface area (Å²) in [5, 5.41) is 19.9. The van der Waals surface area contributed by atoms with E-state index in [1.54, 1.807) is 0 Å². The summed E-state index contributed by atoms with van der Waals surface area (Å²) in [6.07, 6.45) is 0.474. The summed E-state index contributed by atoms with van der Waals surface area (Å²) in [5.74, 6) is 5.83. The molecule has 18 heavy (non-hydrogen) atoms. The highest BCUT2D eigenvalue weighted by molar-refractivity contribution is 8.13. The van der Waals surface area contributed by atoms with Crippen LogP contribution in [0.3, 0.4) is 0 Å². The number of phenols is 1. The number of carbonyl (C=O) groups is 1. The lowest BCUT2D eigenvalue weighted by Gasteiger charge is -1.96. The molecule has 0 radical (unpaired) electrons. The molecule has 0 spiro atoms. The Bertz CT molecular complexity index is 531. The summed E-state index contributed by atoms with van der Waals surface area (Å²) in [4.78, 5) is 20.8. The number of benzene rings is 1. The maximum Gasteiger partial charge on any atom is 0.288 e. The van der Waals surface area contributed by atoms with Crippen molar-refractivity contribution in [1.29, 1.82) is 0 Å². The van der Waals surface area contributed by atoms with Crippen molar-refractivity contribution in [3.8, 4) is 17.6 Å². The van der Waals surface area contributed by atoms with Crippen LogP contribution in [-0.4, -0.2) is 20.9 Å². The molecule has 0 fully saturated rings. The van der Waals surface area contributed by atoms with E-state index in [0.717, 1.165) is 17.8 Å². The van der Waals surface area contributed by atoms with E-state index < -0.39 is 4.92 Å². The third-order valence-electron chi connectivity index (χ3n) is 1.93. The summed E-state index contributed by atoms with van der Waals surface area (Å²) in [5.41, 5.74) is 0.0346. The Labute approximate surface area is 108 Å². The molecule has 0 heterocycles. The van der Waals surface area contributed by atoms with Gasteiger partial charge in [0, 0.05) is 19.1 Å². The van der Waals surface area contributed by atoms with E-state index in [-0.39, 0.29) is 22.1 Å². The minimum atomic E-state index is -0.589. The number of aromatic hydroxyl groups is 1. The lowest BCUT2D eigenvalue weighted by Crippen LogP contribution is -1.91. The second-order valence-corrected chi connectivity index (χ2v) is 4.62. The molecule has 0 amide bonds. The van der Waals surface area contributed by atoms with Crippen molar-refractivity contribution in [3.63, 3.8) is 0 Å². The van der Waals surface area contributed by atoms with E-state index in [1.807, 2.05) is 0 Å². The molecule has 1 aromatic carbocycles. The smallest absolute Gasteiger partial charge is 0.288 e. The zero-order chi connectivity index (χ0) is 13.5. The Balaban J connectivity index is 2.75. The van der Waals surface area contributed by atoms with E-state index in [2.05, 4.69) is 11.8 Å². The average Bonchev–Trinajstić information content (AvgIpc) is 2.29. The van der Waals surface area contributed by atoms with Crippen molar-refractivity contribution in [3.05, 3.63) is 33.9 Å². The normalized spacial score (nSPS) is 9.39. The highest BCUT2D eigenvalue weighted by atomic mass is 32.2. The monoisotopic (exact) mass is 265 g/mol. The van der Waals surface area contributed by atoms with Crippen LogP contribution >= 0.6 is 11.8 Å². The number of rotatable bonds is 3. The van der Waals surface area contributed by atoms with Crippen LogP contribution in [0, 0.1) is 22.0 Å². The predicted molar refractivity (Wildman–Crippen MR) is 69.4 cm³/mol. The fourth-order valence-corrected chi connectivity index (χ4v) is 1.67. The Hall–Kier alpha value is -2.00. The number of nitro groups is 1. The van der Waals surface area contributed by atoms with Crippen molar-refractivity contribution >= 4 is 22.6 Å². The predicted octanol–water partition coefficient (Wildman–Crippen LogP) is 2.32. The quantitative estimate of drug-likeness (QED) is 0.392. The topological polar surface area (TPSA) is 80.4 Å². The van der Waals surface area contributed by atoms with Crippen LogP contribution in [0.2, 0.25) is 0 Å². The van der Waals surface area contributed by atoms with Crippen molar-refractivity contribution in [2.45, 2.75) is 13.3 Å². The first-order valence-corrected chi connectivity index (χ1v) is 6.09. The Morgan fingerprint density at radius 3 is 2.89 bits per heavy atom. The molecule has 1 aromatic rings. The van der Waals surface area contributed by atoms with Crippen LogP contribution in [0.4, 0.5) is 5.69 Å². The first-order chi connectivity index (χ1) is 8.50. The lowest BCUT2D eigenvalue weighted by atomic mass is 10.1. The van der Waals surface area contributed by atoms with Gasteiger partial charge in [0.1, 0.15) is 11.3 Å². The van der Waals surface area contributed by atoms with Crippen molar-refractivity contribution in [1.82, 2.24) is 0 Å². The molecule has 0 aromatic heterocycles. The van der Waals surface area contributed by atoms with Gasteiger partial charge in [-0.1, -0.05) is 23.6 Å². The molecule has 0 bridgehead atoms. The van der Waals surface area contributed by atoms with Crippen LogP contribution in [0.1, 0.15) is 18.9 Å². The number of nitrogens with zero attached hydrogens (tertiary/aromatic N) is 1. The Kier molecular flexibility index (Phi) is 5.21. The molecule has 1 N–H and O–H groups in total. The molecule has 5 nitrogen and oxygen atoms in total. The van der Waals surface area contributed by atoms with E-state index in [1.165, 1.54) is 19.1 Å². The molecule has 0 aliphatic rings. The number of hydrogen-bond donors (Lipinski definition) is 1. The number of carbonyl (C=O) groups excluding carboxylic acids is 1. The van der Waals surface area contributed by atoms with Crippen molar-refractivity contribution < 1.29 is 14.8 Å². The fraction of sp³-hybridized carbons (Fsp3) is 0.250. The SMILES string of the molecule is CC(=O)SCCC#Cc1ccc(O)cc1[N+](=O)[O-]. The maximum absolute atomic E-state index is 10.7. The minimum absolute atomic E-state index is 0.0208. The average molecular weight is 265 g/mol. The second kappa shape index (κ2) is 6.67. The van der Waals surface area contributed by atoms with Gasteiger partial charge in [-0.25, -0.2) is 0 Å². The van der Waals surface area contributed by atoms with Gasteiger partial charge in [0.15, 0.2) is 5.12 Å². The van der Waals surface area contributed by atoms with E-state index in [9.17, 15) is 14.9 Å². The zero-order valence-corrected chi connectivity index (χ0v) is 10.5. The van der Waals surface area contributed by atoms with Crippen LogP contribution in [0.5, 0.6) is 5.75 Å². The highest BCUT2D eigenvalue weighted by Gasteiger charge is 2.12. The second-order valence-electron chi connectivity index (χ2n) is 3.35. The number of nitro benzene ring substituents is 1. The zero-order valence-electron chi connectivity index (χ0n) is 9.67. The first-order valence-electron chi connectivity index (χ1n) is 5.10. The fourth-order valence-electron chi connectivity index (χ4n) is 1.18. The molecule has 0 aliphatic carbocycles. The first kappa shape index (κ1) is 14.1. The summed E-state index contributed by atoms with van der Waals surface area (Å²) >= 11 is 1.16. The lowest BCUT2D eigenvalue weighted by molar-refractivity contribution is -0.385. The number of hydrogen-bond acceptors (Lipinski definition) is 5. The summed E-state index contributed by atoms with van der Waals surface area (Å²) in [6, 6.07) is 3.81. The molecule has 0 saturated carbocycles. The Morgan fingerprint density at radius 1 is 1.56 bits per heavy atom. The van der Waals surface area contributed by atoms with Gasteiger partial charge < -0.3 is 5.11 Å². The summed E-state index contributed by atoms with van der Waals surface area (Å²) in [6.45, 7) is 1.48. The molecule has 94 valence electrons. The third-order valence-corrected chi connectivity index (χ3v) is 2.75. The van der Waals surface area contributed by atoms with E-state index in [4.69, 9.17) is 5.11 Å². The van der Waals surface area contributed by atoms with Crippen molar-refractivity contribution in [2.24, 2.45) is 0 Å². The van der Waals surface area contributed by atoms with Gasteiger partial charge in [0.2, 0.25) is 0 Å². The largest absolute Gasteiger partial charge is 0.508 e. The molecule has 0 atom stereocenters. The molecular weight excluding hydrogens is 254 g/mol. The van der Waals surface area contributed by atoms with Crippen LogP contribution in [0.15, 0.2) is 18.2 Å². The van der Waals surface area contributed by atoms with Gasteiger partial charge in [-0.2, -0.15) is 0 Å². The van der Waals surface area contributed by atoms with Gasteiger partial charge in [0.25, 0.3) is 5.69 Å². The van der Waals surface area contributed by atoms with Gasteiger partial charge in [0.05, 0.1) is 11.0 Å². The number of thioether (sulfide) groups is 1. The summed E-state index contributed by atoms with van der Waals surface area (Å²) in [7, 11) is 0. The minimum Gasteiger partial charge on any atom is -0.508 e. The molecule has 1 rings (SSSR count). The van der Waals surface area contributed by atoms with Crippen molar-refractivity contribution in [2.75, 3.05) is 5.75 Å². The van der Waals surface area contributed by atoms with Crippen LogP contribution in [0.25, 0.3) is 0 Å². The highest BCUT2D eigenvalue weighted by Crippen LogP contribution is 2.22. The van der Waals surface area contributed by atoms with Gasteiger partial charge in [-0.15, -0.1) is 0 Å². The van der Waals surface area contributed by atoms with Gasteiger partial charge in [-0.3, -0.25) is 14.9 Å². The van der Waals surface area contributed by atoms with Gasteiger partial charge >= 0.3 is 0 Å². The van der Waals surface area contributed by atoms with E-state index >= 15 is 0 Å². The molecular formula is C12H11NO4S. The maximum atomic E-state index is 10.7. The molecule has 0 aliphatic heterocycles. The molecule has 6 heteroatoms.